The molecule has 3 N–H and O–H groups in total. The van der Waals surface area contributed by atoms with Crippen molar-refractivity contribution in [1.82, 2.24) is 5.32 Å². The summed E-state index contributed by atoms with van der Waals surface area (Å²) in [5.74, 6) is 0.139. The molecule has 15 heavy (non-hydrogen) atoms. The van der Waals surface area contributed by atoms with Crippen LogP contribution in [0.2, 0.25) is 0 Å². The van der Waals surface area contributed by atoms with Crippen LogP contribution in [0.1, 0.15) is 33.6 Å². The molecule has 1 unspecified atom stereocenters. The summed E-state index contributed by atoms with van der Waals surface area (Å²) in [6.07, 6.45) is 2.14. The number of carbonyl (C=O) groups excluding carboxylic acids is 1. The van der Waals surface area contributed by atoms with Crippen molar-refractivity contribution in [1.29, 1.82) is 0 Å². The number of hydrogen-bond donors (Lipinski definition) is 3. The third-order valence-electron chi connectivity index (χ3n) is 3.10. The SMILES string of the molecule is CCCCNC(=O)[C@H]1C[NH+]1C(C)(C)CO. The van der Waals surface area contributed by atoms with E-state index >= 15 is 0 Å². The molecule has 88 valence electrons. The van der Waals surface area contributed by atoms with Gasteiger partial charge in [-0.15, -0.1) is 0 Å². The third kappa shape index (κ3) is 3.18. The summed E-state index contributed by atoms with van der Waals surface area (Å²) in [7, 11) is 0. The van der Waals surface area contributed by atoms with Crippen LogP contribution in [0.4, 0.5) is 0 Å². The highest BCUT2D eigenvalue weighted by molar-refractivity contribution is 5.82. The van der Waals surface area contributed by atoms with E-state index in [1.54, 1.807) is 0 Å². The van der Waals surface area contributed by atoms with Crippen molar-refractivity contribution in [2.24, 2.45) is 0 Å². The molecule has 1 aliphatic heterocycles. The fourth-order valence-electron chi connectivity index (χ4n) is 1.77. The first-order valence-corrected chi connectivity index (χ1v) is 5.77. The average Bonchev–Trinajstić information content (AvgIpc) is 2.98. The molecule has 1 aliphatic rings. The number of aliphatic hydroxyl groups is 1. The predicted octanol–water partition coefficient (Wildman–Crippen LogP) is -1.06. The van der Waals surface area contributed by atoms with Crippen LogP contribution in [0.25, 0.3) is 0 Å². The van der Waals surface area contributed by atoms with Crippen LogP contribution in [-0.4, -0.2) is 42.3 Å². The van der Waals surface area contributed by atoms with Gasteiger partial charge in [0.2, 0.25) is 6.04 Å². The van der Waals surface area contributed by atoms with Crippen molar-refractivity contribution in [2.75, 3.05) is 19.7 Å². The van der Waals surface area contributed by atoms with Gasteiger partial charge in [0, 0.05) is 6.54 Å². The van der Waals surface area contributed by atoms with Crippen LogP contribution >= 0.6 is 0 Å². The number of aliphatic hydroxyl groups excluding tert-OH is 1. The van der Waals surface area contributed by atoms with Gasteiger partial charge in [-0.1, -0.05) is 13.3 Å². The van der Waals surface area contributed by atoms with Crippen LogP contribution in [0.3, 0.4) is 0 Å². The number of amides is 1. The van der Waals surface area contributed by atoms with E-state index in [0.29, 0.717) is 0 Å². The Kier molecular flexibility index (Phi) is 4.11. The molecule has 0 aromatic heterocycles. The van der Waals surface area contributed by atoms with Crippen molar-refractivity contribution in [3.8, 4) is 0 Å². The Morgan fingerprint density at radius 1 is 1.60 bits per heavy atom. The molecule has 2 atom stereocenters. The molecule has 0 aromatic carbocycles. The van der Waals surface area contributed by atoms with Crippen LogP contribution < -0.4 is 10.2 Å². The highest BCUT2D eigenvalue weighted by Crippen LogP contribution is 2.03. The molecule has 4 heteroatoms. The standard InChI is InChI=1S/C11H22N2O2/c1-4-5-6-12-10(15)9-7-13(9)11(2,3)8-14/h9,14H,4-8H2,1-3H3,(H,12,15)/p+1/t9-,13?/m1/s1. The lowest BCUT2D eigenvalue weighted by Gasteiger charge is -2.20. The van der Waals surface area contributed by atoms with E-state index in [9.17, 15) is 4.79 Å². The molecule has 1 heterocycles. The van der Waals surface area contributed by atoms with Gasteiger partial charge in [-0.3, -0.25) is 4.79 Å². The minimum atomic E-state index is -0.188. The van der Waals surface area contributed by atoms with Crippen LogP contribution in [-0.2, 0) is 4.79 Å². The van der Waals surface area contributed by atoms with Gasteiger partial charge in [0.25, 0.3) is 5.91 Å². The Balaban J connectivity index is 2.28. The number of carbonyl (C=O) groups is 1. The minimum absolute atomic E-state index is 0.0593. The zero-order valence-electron chi connectivity index (χ0n) is 9.97. The molecule has 0 aliphatic carbocycles. The summed E-state index contributed by atoms with van der Waals surface area (Å²) in [6, 6.07) is 0.0593. The summed E-state index contributed by atoms with van der Waals surface area (Å²) >= 11 is 0. The molecule has 4 nitrogen and oxygen atoms in total. The molecule has 0 radical (unpaired) electrons. The lowest BCUT2D eigenvalue weighted by atomic mass is 10.1. The Morgan fingerprint density at radius 3 is 2.80 bits per heavy atom. The van der Waals surface area contributed by atoms with Gasteiger partial charge in [0.05, 0.1) is 6.61 Å². The average molecular weight is 215 g/mol. The Bertz CT molecular complexity index is 229. The quantitative estimate of drug-likeness (QED) is 0.391. The summed E-state index contributed by atoms with van der Waals surface area (Å²) in [5, 5.41) is 12.1. The highest BCUT2D eigenvalue weighted by atomic mass is 16.3. The highest BCUT2D eigenvalue weighted by Gasteiger charge is 2.54. The molecule has 1 saturated heterocycles. The minimum Gasteiger partial charge on any atom is -0.390 e. The summed E-state index contributed by atoms with van der Waals surface area (Å²) in [5.41, 5.74) is -0.188. The lowest BCUT2D eigenvalue weighted by molar-refractivity contribution is -0.829. The number of hydrogen-bond acceptors (Lipinski definition) is 2. The van der Waals surface area contributed by atoms with Gasteiger partial charge in [-0.05, 0) is 20.3 Å². The largest absolute Gasteiger partial charge is 0.390 e. The first kappa shape index (κ1) is 12.5. The normalized spacial score (nSPS) is 25.1. The van der Waals surface area contributed by atoms with Gasteiger partial charge in [0.15, 0.2) is 0 Å². The topological polar surface area (TPSA) is 53.8 Å². The van der Waals surface area contributed by atoms with Crippen LogP contribution in [0.5, 0.6) is 0 Å². The number of nitrogens with one attached hydrogen (secondary N) is 2. The van der Waals surface area contributed by atoms with E-state index in [2.05, 4.69) is 12.2 Å². The maximum atomic E-state index is 11.6. The maximum absolute atomic E-state index is 11.6. The van der Waals surface area contributed by atoms with Crippen molar-refractivity contribution >= 4 is 5.91 Å². The van der Waals surface area contributed by atoms with E-state index in [1.807, 2.05) is 13.8 Å². The van der Waals surface area contributed by atoms with Gasteiger partial charge in [-0.2, -0.15) is 0 Å². The Hall–Kier alpha value is -0.610. The Morgan fingerprint density at radius 2 is 2.27 bits per heavy atom. The van der Waals surface area contributed by atoms with Gasteiger partial charge >= 0.3 is 0 Å². The predicted molar refractivity (Wildman–Crippen MR) is 58.7 cm³/mol. The lowest BCUT2D eigenvalue weighted by Crippen LogP contribution is -3.06. The number of quaternary nitrogens is 1. The molecular formula is C11H23N2O2+. The smallest absolute Gasteiger partial charge is 0.284 e. The molecule has 0 aromatic rings. The number of rotatable bonds is 6. The first-order chi connectivity index (χ1) is 7.03. The van der Waals surface area contributed by atoms with E-state index in [4.69, 9.17) is 5.11 Å². The monoisotopic (exact) mass is 215 g/mol. The fraction of sp³-hybridized carbons (Fsp3) is 0.909. The Labute approximate surface area is 91.6 Å². The molecule has 1 amide bonds. The maximum Gasteiger partial charge on any atom is 0.284 e. The fourth-order valence-corrected chi connectivity index (χ4v) is 1.77. The van der Waals surface area contributed by atoms with E-state index in [0.717, 1.165) is 25.9 Å². The van der Waals surface area contributed by atoms with E-state index < -0.39 is 0 Å². The second kappa shape index (κ2) is 4.94. The van der Waals surface area contributed by atoms with Crippen LogP contribution in [0.15, 0.2) is 0 Å². The molecular weight excluding hydrogens is 192 g/mol. The second-order valence-electron chi connectivity index (χ2n) is 4.97. The van der Waals surface area contributed by atoms with E-state index in [-0.39, 0.29) is 24.1 Å². The third-order valence-corrected chi connectivity index (χ3v) is 3.10. The van der Waals surface area contributed by atoms with Gasteiger partial charge in [-0.25, -0.2) is 0 Å². The molecule has 0 bridgehead atoms. The molecule has 1 rings (SSSR count). The first-order valence-electron chi connectivity index (χ1n) is 5.77. The van der Waals surface area contributed by atoms with Crippen LogP contribution in [0, 0.1) is 0 Å². The van der Waals surface area contributed by atoms with Crippen molar-refractivity contribution < 1.29 is 14.8 Å². The molecule has 0 saturated carbocycles. The summed E-state index contributed by atoms with van der Waals surface area (Å²) in [6.45, 7) is 7.84. The zero-order chi connectivity index (χ0) is 11.5. The zero-order valence-corrected chi connectivity index (χ0v) is 9.97. The van der Waals surface area contributed by atoms with Gasteiger partial charge < -0.3 is 15.3 Å². The van der Waals surface area contributed by atoms with Crippen molar-refractivity contribution in [3.63, 3.8) is 0 Å². The number of unbranched alkanes of at least 4 members (excludes halogenated alkanes) is 1. The van der Waals surface area contributed by atoms with E-state index in [1.165, 1.54) is 4.90 Å². The summed E-state index contributed by atoms with van der Waals surface area (Å²) < 4.78 is 0. The van der Waals surface area contributed by atoms with Crippen molar-refractivity contribution in [2.45, 2.75) is 45.2 Å². The van der Waals surface area contributed by atoms with Gasteiger partial charge in [0.1, 0.15) is 12.1 Å². The summed E-state index contributed by atoms with van der Waals surface area (Å²) in [4.78, 5) is 12.8. The molecule has 1 fully saturated rings. The second-order valence-corrected chi connectivity index (χ2v) is 4.97. The molecule has 0 spiro atoms. The van der Waals surface area contributed by atoms with Crippen molar-refractivity contribution in [3.05, 3.63) is 0 Å².